The molecule has 0 fully saturated rings. The van der Waals surface area contributed by atoms with Crippen molar-refractivity contribution in [3.05, 3.63) is 47.1 Å². The van der Waals surface area contributed by atoms with Gasteiger partial charge in [0.05, 0.1) is 22.6 Å². The third-order valence-corrected chi connectivity index (χ3v) is 4.35. The highest BCUT2D eigenvalue weighted by atomic mass is 16.3. The Morgan fingerprint density at radius 2 is 1.79 bits per heavy atom. The highest BCUT2D eigenvalue weighted by molar-refractivity contribution is 6.20. The normalized spacial score (nSPS) is 21.7. The fourth-order valence-electron chi connectivity index (χ4n) is 3.13. The number of Topliss-reactive ketones (excluding diaryl/α,β-unsaturated/α-hetero) is 2. The van der Waals surface area contributed by atoms with Crippen LogP contribution in [0.3, 0.4) is 0 Å². The summed E-state index contributed by atoms with van der Waals surface area (Å²) in [5.41, 5.74) is -0.855. The summed E-state index contributed by atoms with van der Waals surface area (Å²) in [6.07, 6.45) is 3.77. The monoisotopic (exact) mass is 330 g/mol. The molecule has 1 aromatic rings. The Morgan fingerprint density at radius 3 is 2.33 bits per heavy atom. The molecule has 0 aliphatic heterocycles. The molecule has 1 aromatic carbocycles. The highest BCUT2D eigenvalue weighted by Crippen LogP contribution is 2.45. The van der Waals surface area contributed by atoms with Gasteiger partial charge < -0.3 is 15.3 Å². The second-order valence-corrected chi connectivity index (χ2v) is 6.36. The lowest BCUT2D eigenvalue weighted by molar-refractivity contribution is 0.0368. The van der Waals surface area contributed by atoms with Crippen molar-refractivity contribution >= 4 is 11.6 Å². The van der Waals surface area contributed by atoms with Gasteiger partial charge in [-0.05, 0) is 39.3 Å². The maximum absolute atomic E-state index is 13.1. The summed E-state index contributed by atoms with van der Waals surface area (Å²) < 4.78 is 0. The number of aliphatic hydroxyl groups excluding tert-OH is 1. The first kappa shape index (κ1) is 17.9. The summed E-state index contributed by atoms with van der Waals surface area (Å²) in [5.74, 6) is -1.75. The predicted octanol–water partition coefficient (Wildman–Crippen LogP) is 3.15. The summed E-state index contributed by atoms with van der Waals surface area (Å²) in [6, 6.07) is 2.36. The maximum atomic E-state index is 13.1. The van der Waals surface area contributed by atoms with Gasteiger partial charge in [-0.3, -0.25) is 9.59 Å². The quantitative estimate of drug-likeness (QED) is 0.582. The zero-order valence-electron chi connectivity index (χ0n) is 14.0. The van der Waals surface area contributed by atoms with Crippen molar-refractivity contribution in [2.24, 2.45) is 5.41 Å². The molecule has 1 unspecified atom stereocenters. The van der Waals surface area contributed by atoms with Crippen LogP contribution in [0.4, 0.5) is 0 Å². The highest BCUT2D eigenvalue weighted by Gasteiger charge is 2.50. The van der Waals surface area contributed by atoms with Gasteiger partial charge in [-0.15, -0.1) is 0 Å². The molecule has 1 aliphatic rings. The molecule has 2 atom stereocenters. The number of rotatable bonds is 4. The maximum Gasteiger partial charge on any atom is 0.180 e. The van der Waals surface area contributed by atoms with E-state index in [1.165, 1.54) is 18.2 Å². The summed E-state index contributed by atoms with van der Waals surface area (Å²) in [7, 11) is 0. The first-order chi connectivity index (χ1) is 11.2. The summed E-state index contributed by atoms with van der Waals surface area (Å²) in [6.45, 7) is 5.45. The van der Waals surface area contributed by atoms with Crippen molar-refractivity contribution in [3.8, 4) is 11.5 Å². The summed E-state index contributed by atoms with van der Waals surface area (Å²) in [5, 5.41) is 30.6. The van der Waals surface area contributed by atoms with Crippen LogP contribution in [0.1, 0.15) is 54.3 Å². The Morgan fingerprint density at radius 1 is 1.21 bits per heavy atom. The molecule has 0 aromatic heterocycles. The minimum Gasteiger partial charge on any atom is -0.507 e. The van der Waals surface area contributed by atoms with E-state index in [1.54, 1.807) is 19.1 Å². The molecule has 0 amide bonds. The Bertz CT molecular complexity index is 740. The van der Waals surface area contributed by atoms with Gasteiger partial charge in [-0.25, -0.2) is 0 Å². The van der Waals surface area contributed by atoms with E-state index in [0.717, 1.165) is 5.57 Å². The van der Waals surface area contributed by atoms with Crippen molar-refractivity contribution in [2.75, 3.05) is 0 Å². The predicted molar refractivity (Wildman–Crippen MR) is 90.4 cm³/mol. The van der Waals surface area contributed by atoms with E-state index in [0.29, 0.717) is 0 Å². The van der Waals surface area contributed by atoms with Gasteiger partial charge in [-0.1, -0.05) is 23.8 Å². The lowest BCUT2D eigenvalue weighted by Crippen LogP contribution is -2.46. The van der Waals surface area contributed by atoms with Crippen molar-refractivity contribution < 1.29 is 24.9 Å². The molecule has 5 nitrogen and oxygen atoms in total. The third kappa shape index (κ3) is 2.87. The zero-order valence-corrected chi connectivity index (χ0v) is 14.0. The zero-order chi connectivity index (χ0) is 18.1. The van der Waals surface area contributed by atoms with E-state index in [1.807, 2.05) is 13.8 Å². The molecule has 2 rings (SSSR count). The van der Waals surface area contributed by atoms with Gasteiger partial charge in [-0.2, -0.15) is 0 Å². The number of ketones is 2. The van der Waals surface area contributed by atoms with Crippen LogP contribution < -0.4 is 0 Å². The third-order valence-electron chi connectivity index (χ3n) is 4.35. The molecule has 0 spiro atoms. The number of aliphatic hydroxyl groups is 1. The molecular weight excluding hydrogens is 308 g/mol. The number of benzene rings is 1. The second-order valence-electron chi connectivity index (χ2n) is 6.36. The number of phenols is 2. The van der Waals surface area contributed by atoms with E-state index in [2.05, 4.69) is 0 Å². The van der Waals surface area contributed by atoms with Crippen molar-refractivity contribution in [2.45, 2.75) is 39.7 Å². The average molecular weight is 330 g/mol. The number of fused-ring (bicyclic) bond motifs is 1. The molecule has 0 heterocycles. The molecule has 0 radical (unpaired) electrons. The van der Waals surface area contributed by atoms with Gasteiger partial charge in [0.1, 0.15) is 11.5 Å². The van der Waals surface area contributed by atoms with Crippen LogP contribution in [-0.2, 0) is 0 Å². The lowest BCUT2D eigenvalue weighted by atomic mass is 9.65. The molecule has 3 N–H and O–H groups in total. The van der Waals surface area contributed by atoms with E-state index in [9.17, 15) is 24.9 Å². The molecule has 0 bridgehead atoms. The second kappa shape index (κ2) is 6.61. The number of hydrogen-bond donors (Lipinski definition) is 3. The standard InChI is InChI=1S/C19H22O5/c1-4-9-19(15(23)8-5-11(2)3)10-14(22)16-12(20)6-7-13(21)17(16)18(19)24/h4-7,9,15,20-21,23H,8,10H2,1-3H3/b9-4+/t15-,19?/m1/s1. The molecule has 1 aliphatic carbocycles. The van der Waals surface area contributed by atoms with Gasteiger partial charge in [0.15, 0.2) is 11.6 Å². The number of carbonyl (C=O) groups excluding carboxylic acids is 2. The largest absolute Gasteiger partial charge is 0.507 e. The van der Waals surface area contributed by atoms with Gasteiger partial charge >= 0.3 is 0 Å². The van der Waals surface area contributed by atoms with Crippen LogP contribution in [0.15, 0.2) is 35.9 Å². The smallest absolute Gasteiger partial charge is 0.180 e. The minimum atomic E-state index is -1.45. The number of hydrogen-bond acceptors (Lipinski definition) is 5. The van der Waals surface area contributed by atoms with Crippen LogP contribution in [0.2, 0.25) is 0 Å². The number of aromatic hydroxyl groups is 2. The fourth-order valence-corrected chi connectivity index (χ4v) is 3.13. The SMILES string of the molecule is C/C=C/C1([C@H](O)CC=C(C)C)CC(=O)c2c(O)ccc(O)c2C1=O. The first-order valence-electron chi connectivity index (χ1n) is 7.82. The van der Waals surface area contributed by atoms with Crippen LogP contribution in [0, 0.1) is 5.41 Å². The Kier molecular flexibility index (Phi) is 4.94. The first-order valence-corrected chi connectivity index (χ1v) is 7.82. The number of carbonyl (C=O) groups is 2. The van der Waals surface area contributed by atoms with E-state index >= 15 is 0 Å². The summed E-state index contributed by atoms with van der Waals surface area (Å²) >= 11 is 0. The van der Waals surface area contributed by atoms with Gasteiger partial charge in [0, 0.05) is 6.42 Å². The fraction of sp³-hybridized carbons (Fsp3) is 0.368. The van der Waals surface area contributed by atoms with E-state index < -0.39 is 23.1 Å². The molecule has 0 saturated heterocycles. The Labute approximate surface area is 140 Å². The van der Waals surface area contributed by atoms with Crippen LogP contribution >= 0.6 is 0 Å². The van der Waals surface area contributed by atoms with Crippen LogP contribution in [0.5, 0.6) is 11.5 Å². The molecule has 24 heavy (non-hydrogen) atoms. The minimum absolute atomic E-state index is 0.172. The van der Waals surface area contributed by atoms with Crippen molar-refractivity contribution in [1.82, 2.24) is 0 Å². The summed E-state index contributed by atoms with van der Waals surface area (Å²) in [4.78, 5) is 25.6. The van der Waals surface area contributed by atoms with Crippen LogP contribution in [0.25, 0.3) is 0 Å². The van der Waals surface area contributed by atoms with E-state index in [-0.39, 0.29) is 35.5 Å². The topological polar surface area (TPSA) is 94.8 Å². The van der Waals surface area contributed by atoms with Crippen molar-refractivity contribution in [3.63, 3.8) is 0 Å². The van der Waals surface area contributed by atoms with Crippen LogP contribution in [-0.4, -0.2) is 33.0 Å². The van der Waals surface area contributed by atoms with Gasteiger partial charge in [0.2, 0.25) is 0 Å². The van der Waals surface area contributed by atoms with Crippen molar-refractivity contribution in [1.29, 1.82) is 0 Å². The Hall–Kier alpha value is -2.40. The molecule has 0 saturated carbocycles. The Balaban J connectivity index is 2.63. The lowest BCUT2D eigenvalue weighted by Gasteiger charge is -2.37. The number of allylic oxidation sites excluding steroid dienone is 2. The van der Waals surface area contributed by atoms with E-state index in [4.69, 9.17) is 0 Å². The molecule has 128 valence electrons. The molecular formula is C19H22O5. The number of phenolic OH excluding ortho intramolecular Hbond substituents is 2. The van der Waals surface area contributed by atoms with Gasteiger partial charge in [0.25, 0.3) is 0 Å². The molecule has 5 heteroatoms. The average Bonchev–Trinajstić information content (AvgIpc) is 2.52.